The number of aromatic nitrogens is 1. The predicted octanol–water partition coefficient (Wildman–Crippen LogP) is 5.36. The van der Waals surface area contributed by atoms with Gasteiger partial charge in [0.1, 0.15) is 23.4 Å². The molecular weight excluding hydrogens is 566 g/mol. The molecule has 4 aromatic rings. The fourth-order valence-corrected chi connectivity index (χ4v) is 4.07. The highest BCUT2D eigenvalue weighted by Crippen LogP contribution is 2.38. The topological polar surface area (TPSA) is 176 Å². The number of nitrogens with one attached hydrogen (secondary N) is 3. The van der Waals surface area contributed by atoms with Gasteiger partial charge in [-0.05, 0) is 61.0 Å². The van der Waals surface area contributed by atoms with Gasteiger partial charge in [-0.2, -0.15) is 5.26 Å². The molecule has 0 aliphatic rings. The summed E-state index contributed by atoms with van der Waals surface area (Å²) in [5.41, 5.74) is 2.07. The Kier molecular flexibility index (Phi) is 9.39. The van der Waals surface area contributed by atoms with Crippen LogP contribution in [0.3, 0.4) is 0 Å². The highest BCUT2D eigenvalue weighted by Gasteiger charge is 2.21. The van der Waals surface area contributed by atoms with E-state index in [9.17, 15) is 19.6 Å². The molecule has 0 aliphatic carbocycles. The van der Waals surface area contributed by atoms with Gasteiger partial charge in [0.15, 0.2) is 18.4 Å². The maximum Gasteiger partial charge on any atom is 0.405 e. The van der Waals surface area contributed by atoms with E-state index in [1.807, 2.05) is 0 Å². The zero-order valence-corrected chi connectivity index (χ0v) is 23.1. The highest BCUT2D eigenvalue weighted by atomic mass is 35.5. The summed E-state index contributed by atoms with van der Waals surface area (Å²) in [6, 6.07) is 17.2. The van der Waals surface area contributed by atoms with Crippen LogP contribution in [0, 0.1) is 11.3 Å². The summed E-state index contributed by atoms with van der Waals surface area (Å²) < 4.78 is 15.9. The van der Waals surface area contributed by atoms with Crippen molar-refractivity contribution >= 4 is 41.0 Å². The van der Waals surface area contributed by atoms with Gasteiger partial charge in [0.2, 0.25) is 5.91 Å². The van der Waals surface area contributed by atoms with Crippen LogP contribution >= 0.6 is 11.6 Å². The molecule has 0 bridgehead atoms. The summed E-state index contributed by atoms with van der Waals surface area (Å²) in [5, 5.41) is 26.9. The Morgan fingerprint density at radius 3 is 2.60 bits per heavy atom. The van der Waals surface area contributed by atoms with Crippen molar-refractivity contribution in [1.29, 1.82) is 5.26 Å². The maximum atomic E-state index is 12.9. The lowest BCUT2D eigenvalue weighted by Crippen LogP contribution is -2.40. The third-order valence-corrected chi connectivity index (χ3v) is 6.07. The normalized spacial score (nSPS) is 11.2. The minimum Gasteiger partial charge on any atom is -0.467 e. The average Bonchev–Trinajstić information content (AvgIpc) is 3.51. The smallest absolute Gasteiger partial charge is 0.405 e. The van der Waals surface area contributed by atoms with Gasteiger partial charge in [-0.1, -0.05) is 23.7 Å². The predicted molar refractivity (Wildman–Crippen MR) is 153 cm³/mol. The van der Waals surface area contributed by atoms with Gasteiger partial charge in [0.25, 0.3) is 5.91 Å². The number of ether oxygens (including phenoxy) is 2. The van der Waals surface area contributed by atoms with Gasteiger partial charge < -0.3 is 34.9 Å². The summed E-state index contributed by atoms with van der Waals surface area (Å²) in [6.07, 6.45) is 0.00404. The minimum absolute atomic E-state index is 0.0112. The molecule has 2 heterocycles. The van der Waals surface area contributed by atoms with Crippen molar-refractivity contribution in [3.8, 4) is 34.2 Å². The van der Waals surface area contributed by atoms with E-state index in [4.69, 9.17) is 30.6 Å². The fourth-order valence-electron chi connectivity index (χ4n) is 3.91. The second-order valence-electron chi connectivity index (χ2n) is 8.75. The molecule has 0 saturated carbocycles. The Bertz CT molecular complexity index is 1670. The lowest BCUT2D eigenvalue weighted by molar-refractivity contribution is -0.117. The molecule has 1 unspecified atom stereocenters. The van der Waals surface area contributed by atoms with Crippen molar-refractivity contribution in [1.82, 2.24) is 10.3 Å². The molecule has 4 N–H and O–H groups in total. The molecule has 0 spiro atoms. The molecule has 1 atom stereocenters. The lowest BCUT2D eigenvalue weighted by atomic mass is 9.97. The van der Waals surface area contributed by atoms with Gasteiger partial charge in [-0.15, -0.1) is 0 Å². The lowest BCUT2D eigenvalue weighted by Gasteiger charge is -2.16. The number of methoxy groups -OCH3 is 1. The zero-order valence-electron chi connectivity index (χ0n) is 22.3. The van der Waals surface area contributed by atoms with Crippen LogP contribution in [-0.2, 0) is 9.53 Å². The SMILES string of the molecule is COCOc1cc(Cl)ccc1-c1cc(-c2cccc(NC(=O)C(C)NC(=O)O)c2)c(C#N)c(NC(=O)c2ccco2)n1. The van der Waals surface area contributed by atoms with Gasteiger partial charge in [-0.3, -0.25) is 9.59 Å². The largest absolute Gasteiger partial charge is 0.467 e. The Balaban J connectivity index is 1.84. The molecule has 0 fully saturated rings. The van der Waals surface area contributed by atoms with Gasteiger partial charge >= 0.3 is 6.09 Å². The van der Waals surface area contributed by atoms with Crippen LogP contribution in [-0.4, -0.2) is 47.9 Å². The number of carbonyl (C=O) groups excluding carboxylic acids is 2. The molecule has 2 aromatic carbocycles. The Morgan fingerprint density at radius 2 is 1.90 bits per heavy atom. The first-order chi connectivity index (χ1) is 20.2. The van der Waals surface area contributed by atoms with Crippen molar-refractivity contribution in [3.05, 3.63) is 83.3 Å². The van der Waals surface area contributed by atoms with E-state index in [-0.39, 0.29) is 23.9 Å². The van der Waals surface area contributed by atoms with E-state index in [1.165, 1.54) is 26.4 Å². The molecule has 0 radical (unpaired) electrons. The van der Waals surface area contributed by atoms with E-state index >= 15 is 0 Å². The highest BCUT2D eigenvalue weighted by molar-refractivity contribution is 6.30. The van der Waals surface area contributed by atoms with Crippen molar-refractivity contribution in [2.75, 3.05) is 24.5 Å². The molecular formula is C29H24ClN5O7. The third-order valence-electron chi connectivity index (χ3n) is 5.83. The summed E-state index contributed by atoms with van der Waals surface area (Å²) in [5.74, 6) is -0.903. The van der Waals surface area contributed by atoms with E-state index in [0.29, 0.717) is 38.8 Å². The van der Waals surface area contributed by atoms with E-state index < -0.39 is 23.9 Å². The number of amides is 3. The van der Waals surface area contributed by atoms with Crippen LogP contribution < -0.4 is 20.7 Å². The molecule has 214 valence electrons. The number of halogens is 1. The van der Waals surface area contributed by atoms with Gasteiger partial charge in [0.05, 0.1) is 12.0 Å². The first-order valence-corrected chi connectivity index (χ1v) is 12.7. The standard InChI is InChI=1S/C29H24ClN5O7/c1-16(32-29(38)39)27(36)33-19-6-3-5-17(11-19)21-13-23(20-9-8-18(30)12-25(20)42-15-40-2)34-26(22(21)14-31)35-28(37)24-7-4-10-41-24/h3-13,16,32H,15H2,1-2H3,(H,33,36)(H,38,39)(H,34,35,37). The quantitative estimate of drug-likeness (QED) is 0.177. The van der Waals surface area contributed by atoms with Crippen LogP contribution in [0.5, 0.6) is 5.75 Å². The number of benzene rings is 2. The molecule has 13 heteroatoms. The number of carbonyl (C=O) groups is 3. The van der Waals surface area contributed by atoms with Crippen LogP contribution in [0.2, 0.25) is 5.02 Å². The molecule has 2 aromatic heterocycles. The Morgan fingerprint density at radius 1 is 1.10 bits per heavy atom. The molecule has 0 saturated heterocycles. The van der Waals surface area contributed by atoms with Gasteiger partial charge in [-0.25, -0.2) is 9.78 Å². The number of nitriles is 1. The number of hydrogen-bond donors (Lipinski definition) is 4. The second kappa shape index (κ2) is 13.3. The number of rotatable bonds is 10. The number of nitrogens with zero attached hydrogens (tertiary/aromatic N) is 2. The maximum absolute atomic E-state index is 12.9. The second-order valence-corrected chi connectivity index (χ2v) is 9.19. The summed E-state index contributed by atoms with van der Waals surface area (Å²) >= 11 is 6.20. The van der Waals surface area contributed by atoms with Crippen LogP contribution in [0.4, 0.5) is 16.3 Å². The minimum atomic E-state index is -1.34. The Hall–Kier alpha value is -5.38. The number of carboxylic acid groups (broad SMARTS) is 1. The Labute approximate surface area is 244 Å². The summed E-state index contributed by atoms with van der Waals surface area (Å²) in [4.78, 5) is 40.9. The van der Waals surface area contributed by atoms with Crippen LogP contribution in [0.25, 0.3) is 22.4 Å². The van der Waals surface area contributed by atoms with E-state index in [1.54, 1.807) is 54.6 Å². The van der Waals surface area contributed by atoms with Gasteiger partial charge in [0, 0.05) is 28.9 Å². The first kappa shape index (κ1) is 29.6. The van der Waals surface area contributed by atoms with Crippen molar-refractivity contribution in [2.24, 2.45) is 0 Å². The average molecular weight is 590 g/mol. The molecule has 4 rings (SSSR count). The van der Waals surface area contributed by atoms with Crippen molar-refractivity contribution in [3.63, 3.8) is 0 Å². The van der Waals surface area contributed by atoms with Crippen molar-refractivity contribution < 1.29 is 33.4 Å². The molecule has 42 heavy (non-hydrogen) atoms. The summed E-state index contributed by atoms with van der Waals surface area (Å²) in [6.45, 7) is 1.33. The number of furan rings is 1. The van der Waals surface area contributed by atoms with Crippen LogP contribution in [0.15, 0.2) is 71.3 Å². The van der Waals surface area contributed by atoms with E-state index in [0.717, 1.165) is 0 Å². The molecule has 12 nitrogen and oxygen atoms in total. The zero-order chi connectivity index (χ0) is 30.2. The first-order valence-electron chi connectivity index (χ1n) is 12.3. The molecule has 0 aliphatic heterocycles. The van der Waals surface area contributed by atoms with E-state index in [2.05, 4.69) is 27.0 Å². The van der Waals surface area contributed by atoms with Crippen LogP contribution in [0.1, 0.15) is 23.0 Å². The number of hydrogen-bond acceptors (Lipinski definition) is 8. The number of anilines is 2. The fraction of sp³-hybridized carbons (Fsp3) is 0.138. The van der Waals surface area contributed by atoms with Crippen molar-refractivity contribution in [2.45, 2.75) is 13.0 Å². The monoisotopic (exact) mass is 589 g/mol. The summed E-state index contributed by atoms with van der Waals surface area (Å²) in [7, 11) is 1.47. The third kappa shape index (κ3) is 7.03. The molecule has 3 amide bonds. The number of pyridine rings is 1.